The van der Waals surface area contributed by atoms with Crippen molar-refractivity contribution in [2.45, 2.75) is 19.6 Å². The van der Waals surface area contributed by atoms with Crippen LogP contribution in [-0.2, 0) is 11.3 Å². The molecule has 8 heteroatoms. The molecule has 2 fully saturated rings. The molecule has 0 radical (unpaired) electrons. The zero-order valence-corrected chi connectivity index (χ0v) is 19.3. The van der Waals surface area contributed by atoms with Gasteiger partial charge in [-0.1, -0.05) is 12.1 Å². The molecule has 0 aliphatic carbocycles. The number of aliphatic imine (C=N–C) groups is 1. The summed E-state index contributed by atoms with van der Waals surface area (Å²) < 4.78 is 11.2. The topological polar surface area (TPSA) is 65.5 Å². The summed E-state index contributed by atoms with van der Waals surface area (Å²) >= 11 is 0. The van der Waals surface area contributed by atoms with E-state index < -0.39 is 0 Å². The number of hydrogen-bond donors (Lipinski definition) is 1. The van der Waals surface area contributed by atoms with E-state index in [9.17, 15) is 0 Å². The Labute approximate surface area is 190 Å². The smallest absolute Gasteiger partial charge is 0.194 e. The second-order valence-electron chi connectivity index (χ2n) is 8.20. The molecule has 2 aliphatic heterocycles. The van der Waals surface area contributed by atoms with Crippen molar-refractivity contribution in [3.05, 3.63) is 48.2 Å². The van der Waals surface area contributed by atoms with Gasteiger partial charge in [0.25, 0.3) is 0 Å². The fourth-order valence-electron chi connectivity index (χ4n) is 4.33. The van der Waals surface area contributed by atoms with Crippen molar-refractivity contribution >= 4 is 17.5 Å². The Morgan fingerprint density at radius 1 is 1.16 bits per heavy atom. The fraction of sp³-hybridized carbons (Fsp3) is 0.500. The number of methoxy groups -OCH3 is 1. The number of nitrogens with one attached hydrogen (secondary N) is 1. The average Bonchev–Trinajstić information content (AvgIpc) is 2.85. The Morgan fingerprint density at radius 3 is 2.72 bits per heavy atom. The molecular weight excluding hydrogens is 404 g/mol. The van der Waals surface area contributed by atoms with Gasteiger partial charge in [-0.05, 0) is 36.8 Å². The number of benzene rings is 1. The maximum Gasteiger partial charge on any atom is 0.194 e. The van der Waals surface area contributed by atoms with Crippen LogP contribution < -0.4 is 19.9 Å². The number of nitrogens with zero attached hydrogens (tertiary/aromatic N) is 5. The van der Waals surface area contributed by atoms with Crippen LogP contribution in [0.2, 0.25) is 0 Å². The highest BCUT2D eigenvalue weighted by Crippen LogP contribution is 2.28. The van der Waals surface area contributed by atoms with Crippen molar-refractivity contribution in [2.75, 3.05) is 69.8 Å². The minimum absolute atomic E-state index is 0.237. The summed E-state index contributed by atoms with van der Waals surface area (Å²) in [5, 5.41) is 3.53. The number of pyridine rings is 1. The van der Waals surface area contributed by atoms with Crippen molar-refractivity contribution in [1.29, 1.82) is 0 Å². The summed E-state index contributed by atoms with van der Waals surface area (Å²) in [7, 11) is 3.58. The highest BCUT2D eigenvalue weighted by atomic mass is 16.5. The van der Waals surface area contributed by atoms with Crippen LogP contribution in [0, 0.1) is 0 Å². The lowest BCUT2D eigenvalue weighted by atomic mass is 10.2. The molecule has 2 aliphatic rings. The Balaban J connectivity index is 1.32. The van der Waals surface area contributed by atoms with Crippen molar-refractivity contribution in [3.63, 3.8) is 0 Å². The predicted molar refractivity (Wildman–Crippen MR) is 129 cm³/mol. The molecule has 1 N–H and O–H groups in total. The van der Waals surface area contributed by atoms with Crippen molar-refractivity contribution in [3.8, 4) is 5.75 Å². The van der Waals surface area contributed by atoms with E-state index in [1.165, 1.54) is 5.56 Å². The van der Waals surface area contributed by atoms with Crippen molar-refractivity contribution < 1.29 is 9.47 Å². The van der Waals surface area contributed by atoms with Crippen LogP contribution in [0.25, 0.3) is 0 Å². The molecule has 0 bridgehead atoms. The standard InChI is InChI=1S/C24H34N6O2/c1-19-18-30(14-15-32-19)23-16-20(8-9-26-23)17-27-24(25-2)29-12-10-28(11-13-29)21-6-4-5-7-22(21)31-3/h4-9,16,19H,10-15,17-18H2,1-3H3,(H,25,27). The predicted octanol–water partition coefficient (Wildman–Crippen LogP) is 2.21. The summed E-state index contributed by atoms with van der Waals surface area (Å²) in [5.74, 6) is 2.87. The lowest BCUT2D eigenvalue weighted by Crippen LogP contribution is -2.52. The van der Waals surface area contributed by atoms with Gasteiger partial charge in [-0.3, -0.25) is 4.99 Å². The first kappa shape index (κ1) is 22.2. The van der Waals surface area contributed by atoms with E-state index in [1.807, 2.05) is 25.4 Å². The van der Waals surface area contributed by atoms with Gasteiger partial charge in [0.05, 0.1) is 25.5 Å². The monoisotopic (exact) mass is 438 g/mol. The molecular formula is C24H34N6O2. The van der Waals surface area contributed by atoms with Crippen LogP contribution >= 0.6 is 0 Å². The highest BCUT2D eigenvalue weighted by molar-refractivity contribution is 5.80. The van der Waals surface area contributed by atoms with Crippen LogP contribution in [0.15, 0.2) is 47.6 Å². The van der Waals surface area contributed by atoms with Gasteiger partial charge in [0.1, 0.15) is 11.6 Å². The molecule has 2 aromatic rings. The maximum absolute atomic E-state index is 5.66. The van der Waals surface area contributed by atoms with E-state index in [1.54, 1.807) is 7.11 Å². The zero-order chi connectivity index (χ0) is 22.3. The number of anilines is 2. The Kier molecular flexibility index (Phi) is 7.32. The van der Waals surface area contributed by atoms with Gasteiger partial charge in [0, 0.05) is 59.1 Å². The van der Waals surface area contributed by atoms with Gasteiger partial charge in [-0.15, -0.1) is 0 Å². The molecule has 8 nitrogen and oxygen atoms in total. The van der Waals surface area contributed by atoms with Gasteiger partial charge in [-0.25, -0.2) is 4.98 Å². The van der Waals surface area contributed by atoms with Crippen molar-refractivity contribution in [1.82, 2.24) is 15.2 Å². The van der Waals surface area contributed by atoms with E-state index in [-0.39, 0.29) is 6.10 Å². The molecule has 1 aromatic heterocycles. The van der Waals surface area contributed by atoms with Crippen LogP contribution in [0.3, 0.4) is 0 Å². The summed E-state index contributed by atoms with van der Waals surface area (Å²) in [5.41, 5.74) is 2.35. The lowest BCUT2D eigenvalue weighted by Gasteiger charge is -2.38. The number of aromatic nitrogens is 1. The quantitative estimate of drug-likeness (QED) is 0.567. The van der Waals surface area contributed by atoms with E-state index in [0.29, 0.717) is 0 Å². The SMILES string of the molecule is CN=C(NCc1ccnc(N2CCOC(C)C2)c1)N1CCN(c2ccccc2OC)CC1. The lowest BCUT2D eigenvalue weighted by molar-refractivity contribution is 0.0529. The number of para-hydroxylation sites is 2. The molecule has 3 heterocycles. The Morgan fingerprint density at radius 2 is 1.97 bits per heavy atom. The Bertz CT molecular complexity index is 913. The van der Waals surface area contributed by atoms with Crippen LogP contribution in [-0.4, -0.2) is 82.0 Å². The number of guanidine groups is 1. The molecule has 2 saturated heterocycles. The maximum atomic E-state index is 5.66. The van der Waals surface area contributed by atoms with Crippen LogP contribution in [0.5, 0.6) is 5.75 Å². The normalized spacial score (nSPS) is 19.8. The van der Waals surface area contributed by atoms with Gasteiger partial charge in [-0.2, -0.15) is 0 Å². The summed E-state index contributed by atoms with van der Waals surface area (Å²) in [6.07, 6.45) is 2.13. The van der Waals surface area contributed by atoms with Crippen LogP contribution in [0.1, 0.15) is 12.5 Å². The molecule has 0 spiro atoms. The molecule has 4 rings (SSSR count). The minimum Gasteiger partial charge on any atom is -0.495 e. The third-order valence-electron chi connectivity index (χ3n) is 6.04. The average molecular weight is 439 g/mol. The second-order valence-corrected chi connectivity index (χ2v) is 8.20. The molecule has 32 heavy (non-hydrogen) atoms. The van der Waals surface area contributed by atoms with Crippen LogP contribution in [0.4, 0.5) is 11.5 Å². The molecule has 1 aromatic carbocycles. The summed E-state index contributed by atoms with van der Waals surface area (Å²) in [6, 6.07) is 12.4. The van der Waals surface area contributed by atoms with E-state index in [0.717, 1.165) is 75.6 Å². The first-order valence-electron chi connectivity index (χ1n) is 11.3. The number of piperazine rings is 1. The number of rotatable bonds is 5. The Hall–Kier alpha value is -3.00. The molecule has 0 saturated carbocycles. The van der Waals surface area contributed by atoms with Gasteiger partial charge in [0.2, 0.25) is 0 Å². The van der Waals surface area contributed by atoms with E-state index in [2.05, 4.69) is 61.2 Å². The molecule has 172 valence electrons. The molecule has 0 amide bonds. The third kappa shape index (κ3) is 5.24. The number of ether oxygens (including phenoxy) is 2. The van der Waals surface area contributed by atoms with Gasteiger partial charge in [0.15, 0.2) is 5.96 Å². The first-order chi connectivity index (χ1) is 15.7. The number of morpholine rings is 1. The third-order valence-corrected chi connectivity index (χ3v) is 6.04. The van der Waals surface area contributed by atoms with Crippen molar-refractivity contribution in [2.24, 2.45) is 4.99 Å². The molecule has 1 unspecified atom stereocenters. The largest absolute Gasteiger partial charge is 0.495 e. The fourth-order valence-corrected chi connectivity index (χ4v) is 4.33. The van der Waals surface area contributed by atoms with Gasteiger partial charge >= 0.3 is 0 Å². The molecule has 1 atom stereocenters. The van der Waals surface area contributed by atoms with E-state index >= 15 is 0 Å². The number of hydrogen-bond acceptors (Lipinski definition) is 6. The summed E-state index contributed by atoms with van der Waals surface area (Å²) in [4.78, 5) is 16.1. The second kappa shape index (κ2) is 10.5. The first-order valence-corrected chi connectivity index (χ1v) is 11.3. The van der Waals surface area contributed by atoms with E-state index in [4.69, 9.17) is 9.47 Å². The highest BCUT2D eigenvalue weighted by Gasteiger charge is 2.22. The zero-order valence-electron chi connectivity index (χ0n) is 19.3. The van der Waals surface area contributed by atoms with Gasteiger partial charge < -0.3 is 29.5 Å². The summed E-state index contributed by atoms with van der Waals surface area (Å²) in [6.45, 7) is 9.00. The minimum atomic E-state index is 0.237.